The minimum atomic E-state index is -0.388. The number of nitrogens with one attached hydrogen (secondary N) is 1. The number of hydrazone groups is 1. The number of benzene rings is 1. The molecule has 25 heavy (non-hydrogen) atoms. The molecule has 3 rings (SSSR count). The van der Waals surface area contributed by atoms with Gasteiger partial charge in [-0.25, -0.2) is 10.2 Å². The number of aromatic nitrogens is 1. The number of thiophene rings is 1. The van der Waals surface area contributed by atoms with E-state index in [0.29, 0.717) is 16.2 Å². The molecule has 0 bridgehead atoms. The monoisotopic (exact) mass is 351 g/mol. The van der Waals surface area contributed by atoms with Crippen molar-refractivity contribution >= 4 is 29.4 Å². The zero-order valence-electron chi connectivity index (χ0n) is 13.0. The van der Waals surface area contributed by atoms with Crippen LogP contribution in [-0.4, -0.2) is 23.1 Å². The highest BCUT2D eigenvalue weighted by Crippen LogP contribution is 2.16. The molecule has 1 aromatic carbocycles. The Morgan fingerprint density at radius 2 is 1.84 bits per heavy atom. The minimum absolute atomic E-state index is 0.319. The fraction of sp³-hybridized carbons (Fsp3) is 0. The van der Waals surface area contributed by atoms with E-state index in [1.807, 2.05) is 5.38 Å². The van der Waals surface area contributed by atoms with Crippen LogP contribution in [0.3, 0.4) is 0 Å². The molecule has 7 heteroatoms. The van der Waals surface area contributed by atoms with E-state index in [1.54, 1.807) is 48.5 Å². The van der Waals surface area contributed by atoms with Crippen LogP contribution in [0.4, 0.5) is 0 Å². The van der Waals surface area contributed by atoms with Crippen molar-refractivity contribution in [2.24, 2.45) is 5.10 Å². The summed E-state index contributed by atoms with van der Waals surface area (Å²) in [5, 5.41) is 5.71. The number of amides is 1. The van der Waals surface area contributed by atoms with Gasteiger partial charge < -0.3 is 4.74 Å². The van der Waals surface area contributed by atoms with Crippen LogP contribution in [0.2, 0.25) is 0 Å². The van der Waals surface area contributed by atoms with Gasteiger partial charge in [-0.05, 0) is 53.4 Å². The number of rotatable bonds is 5. The van der Waals surface area contributed by atoms with Gasteiger partial charge in [-0.3, -0.25) is 9.78 Å². The summed E-state index contributed by atoms with van der Waals surface area (Å²) < 4.78 is 5.27. The Hall–Kier alpha value is -3.32. The topological polar surface area (TPSA) is 80.6 Å². The van der Waals surface area contributed by atoms with E-state index in [0.717, 1.165) is 5.56 Å². The van der Waals surface area contributed by atoms with Crippen LogP contribution >= 0.6 is 11.3 Å². The van der Waals surface area contributed by atoms with Crippen LogP contribution < -0.4 is 10.2 Å². The highest BCUT2D eigenvalue weighted by Gasteiger charge is 2.09. The number of esters is 1. The van der Waals surface area contributed by atoms with Gasteiger partial charge in [0.2, 0.25) is 0 Å². The quantitative estimate of drug-likeness (QED) is 0.331. The van der Waals surface area contributed by atoms with E-state index < -0.39 is 0 Å². The fourth-order valence-corrected chi connectivity index (χ4v) is 2.51. The third-order valence-corrected chi connectivity index (χ3v) is 3.99. The second-order valence-corrected chi connectivity index (χ2v) is 5.82. The summed E-state index contributed by atoms with van der Waals surface area (Å²) in [5.74, 6) is -0.266. The molecule has 2 heterocycles. The molecule has 0 unspecified atom stereocenters. The van der Waals surface area contributed by atoms with Gasteiger partial charge in [0.1, 0.15) is 10.6 Å². The zero-order chi connectivity index (χ0) is 17.5. The van der Waals surface area contributed by atoms with Crippen LogP contribution in [0.15, 0.2) is 71.4 Å². The van der Waals surface area contributed by atoms with E-state index in [4.69, 9.17) is 4.74 Å². The summed E-state index contributed by atoms with van der Waals surface area (Å²) in [4.78, 5) is 28.1. The van der Waals surface area contributed by atoms with Crippen molar-refractivity contribution in [1.29, 1.82) is 0 Å². The van der Waals surface area contributed by atoms with Gasteiger partial charge in [-0.2, -0.15) is 5.10 Å². The van der Waals surface area contributed by atoms with E-state index >= 15 is 0 Å². The lowest BCUT2D eigenvalue weighted by atomic mass is 10.2. The van der Waals surface area contributed by atoms with Gasteiger partial charge in [0.25, 0.3) is 5.91 Å². The number of carbonyl (C=O) groups excluding carboxylic acids is 2. The molecular weight excluding hydrogens is 338 g/mol. The number of hydrogen-bond donors (Lipinski definition) is 1. The first-order chi connectivity index (χ1) is 12.2. The van der Waals surface area contributed by atoms with Crippen molar-refractivity contribution in [3.05, 3.63) is 82.3 Å². The van der Waals surface area contributed by atoms with Crippen LogP contribution in [0.1, 0.15) is 25.6 Å². The average Bonchev–Trinajstić information content (AvgIpc) is 3.19. The molecule has 0 radical (unpaired) electrons. The Morgan fingerprint density at radius 3 is 2.52 bits per heavy atom. The van der Waals surface area contributed by atoms with Gasteiger partial charge in [-0.1, -0.05) is 6.07 Å². The van der Waals surface area contributed by atoms with Crippen molar-refractivity contribution in [2.75, 3.05) is 0 Å². The summed E-state index contributed by atoms with van der Waals surface area (Å²) in [7, 11) is 0. The minimum Gasteiger partial charge on any atom is -0.422 e. The first-order valence-corrected chi connectivity index (χ1v) is 8.19. The van der Waals surface area contributed by atoms with E-state index in [9.17, 15) is 9.59 Å². The molecule has 3 aromatic rings. The summed E-state index contributed by atoms with van der Waals surface area (Å²) in [6.07, 6.45) is 4.58. The summed E-state index contributed by atoms with van der Waals surface area (Å²) in [6, 6.07) is 13.5. The third-order valence-electron chi connectivity index (χ3n) is 3.14. The van der Waals surface area contributed by atoms with Crippen molar-refractivity contribution < 1.29 is 14.3 Å². The lowest BCUT2D eigenvalue weighted by Gasteiger charge is -2.03. The molecule has 0 atom stereocenters. The maximum absolute atomic E-state index is 11.9. The second-order valence-electron chi connectivity index (χ2n) is 4.87. The Bertz CT molecular complexity index is 876. The maximum Gasteiger partial charge on any atom is 0.353 e. The number of nitrogens with zero attached hydrogens (tertiary/aromatic N) is 2. The molecule has 2 aromatic heterocycles. The highest BCUT2D eigenvalue weighted by molar-refractivity contribution is 7.12. The van der Waals surface area contributed by atoms with Crippen molar-refractivity contribution in [2.45, 2.75) is 0 Å². The summed E-state index contributed by atoms with van der Waals surface area (Å²) in [6.45, 7) is 0. The van der Waals surface area contributed by atoms with E-state index in [1.165, 1.54) is 29.9 Å². The number of carbonyl (C=O) groups is 2. The number of pyridine rings is 1. The molecular formula is C18H13N3O3S. The smallest absolute Gasteiger partial charge is 0.353 e. The maximum atomic E-state index is 11.9. The second kappa shape index (κ2) is 7.98. The van der Waals surface area contributed by atoms with Crippen molar-refractivity contribution in [1.82, 2.24) is 10.4 Å². The zero-order valence-corrected chi connectivity index (χ0v) is 13.8. The van der Waals surface area contributed by atoms with Crippen molar-refractivity contribution in [3.63, 3.8) is 0 Å². The predicted molar refractivity (Wildman–Crippen MR) is 95.0 cm³/mol. The fourth-order valence-electron chi connectivity index (χ4n) is 1.91. The number of ether oxygens (including phenoxy) is 1. The molecule has 0 aliphatic heterocycles. The molecule has 0 saturated carbocycles. The average molecular weight is 351 g/mol. The third kappa shape index (κ3) is 4.58. The summed E-state index contributed by atoms with van der Waals surface area (Å²) >= 11 is 1.33. The predicted octanol–water partition coefficient (Wildman–Crippen LogP) is 3.13. The largest absolute Gasteiger partial charge is 0.422 e. The van der Waals surface area contributed by atoms with Crippen LogP contribution in [0, 0.1) is 0 Å². The summed E-state index contributed by atoms with van der Waals surface area (Å²) in [5.41, 5.74) is 3.66. The van der Waals surface area contributed by atoms with Gasteiger partial charge in [-0.15, -0.1) is 11.3 Å². The van der Waals surface area contributed by atoms with Crippen LogP contribution in [0.25, 0.3) is 0 Å². The molecule has 0 aliphatic rings. The van der Waals surface area contributed by atoms with Crippen LogP contribution in [0.5, 0.6) is 5.75 Å². The van der Waals surface area contributed by atoms with E-state index in [-0.39, 0.29) is 11.9 Å². The highest BCUT2D eigenvalue weighted by atomic mass is 32.1. The molecule has 0 fully saturated rings. The molecule has 0 spiro atoms. The Kier molecular flexibility index (Phi) is 5.28. The molecule has 1 N–H and O–H groups in total. The molecule has 1 amide bonds. The van der Waals surface area contributed by atoms with E-state index in [2.05, 4.69) is 15.5 Å². The Morgan fingerprint density at radius 1 is 1.08 bits per heavy atom. The van der Waals surface area contributed by atoms with Gasteiger partial charge in [0.05, 0.1) is 6.21 Å². The molecule has 124 valence electrons. The lowest BCUT2D eigenvalue weighted by molar-refractivity contribution is 0.0739. The molecule has 6 nitrogen and oxygen atoms in total. The normalized spacial score (nSPS) is 10.6. The first kappa shape index (κ1) is 16.5. The van der Waals surface area contributed by atoms with Crippen molar-refractivity contribution in [3.8, 4) is 5.75 Å². The lowest BCUT2D eigenvalue weighted by Crippen LogP contribution is -2.17. The SMILES string of the molecule is O=C(N/N=C\c1ccc(OC(=O)c2cccs2)cc1)c1ccncc1. The number of hydrogen-bond acceptors (Lipinski definition) is 6. The standard InChI is InChI=1S/C18H13N3O3S/c22-17(14-7-9-19-10-8-14)21-20-12-13-3-5-15(6-4-13)24-18(23)16-2-1-11-25-16/h1-12H,(H,21,22)/b20-12-. The van der Waals surface area contributed by atoms with Gasteiger partial charge in [0, 0.05) is 18.0 Å². The Labute approximate surface area is 147 Å². The molecule has 0 aliphatic carbocycles. The van der Waals surface area contributed by atoms with Gasteiger partial charge >= 0.3 is 5.97 Å². The first-order valence-electron chi connectivity index (χ1n) is 7.31. The Balaban J connectivity index is 1.55. The molecule has 0 saturated heterocycles. The van der Waals surface area contributed by atoms with Crippen LogP contribution in [-0.2, 0) is 0 Å². The van der Waals surface area contributed by atoms with Gasteiger partial charge in [0.15, 0.2) is 0 Å².